The number of hydrogen-bond donors (Lipinski definition) is 2. The summed E-state index contributed by atoms with van der Waals surface area (Å²) < 4.78 is 0. The predicted octanol–water partition coefficient (Wildman–Crippen LogP) is 2.86. The van der Waals surface area contributed by atoms with Crippen molar-refractivity contribution in [3.05, 3.63) is 29.3 Å². The van der Waals surface area contributed by atoms with E-state index in [9.17, 15) is 4.79 Å². The average molecular weight is 271 g/mol. The van der Waals surface area contributed by atoms with Gasteiger partial charge in [0.25, 0.3) is 0 Å². The van der Waals surface area contributed by atoms with E-state index in [0.29, 0.717) is 18.8 Å². The number of carbonyl (C=O) groups is 1. The standard InChI is InChI=1S/C17H21NO2/c1-13-8-9-15(7-2-3-10-19)16(11-13)18-17(20)12-14-5-4-6-14/h8-9,11,14,19H,3-6,10,12H2,1H3,(H,18,20). The Morgan fingerprint density at radius 3 is 2.90 bits per heavy atom. The second kappa shape index (κ2) is 7.12. The number of hydrogen-bond acceptors (Lipinski definition) is 2. The molecule has 0 atom stereocenters. The van der Waals surface area contributed by atoms with E-state index in [4.69, 9.17) is 5.11 Å². The summed E-state index contributed by atoms with van der Waals surface area (Å²) in [5.41, 5.74) is 2.68. The summed E-state index contributed by atoms with van der Waals surface area (Å²) in [6.07, 6.45) is 4.65. The lowest BCUT2D eigenvalue weighted by Crippen LogP contribution is -2.21. The van der Waals surface area contributed by atoms with Crippen molar-refractivity contribution in [3.63, 3.8) is 0 Å². The van der Waals surface area contributed by atoms with E-state index < -0.39 is 0 Å². The third-order valence-electron chi connectivity index (χ3n) is 3.61. The molecule has 2 N–H and O–H groups in total. The van der Waals surface area contributed by atoms with E-state index in [0.717, 1.165) is 16.8 Å². The molecule has 0 spiro atoms. The minimum absolute atomic E-state index is 0.0578. The second-order valence-corrected chi connectivity index (χ2v) is 5.37. The van der Waals surface area contributed by atoms with Crippen LogP contribution in [0, 0.1) is 24.7 Å². The summed E-state index contributed by atoms with van der Waals surface area (Å²) in [5, 5.41) is 11.7. The van der Waals surface area contributed by atoms with Crippen molar-refractivity contribution in [1.29, 1.82) is 0 Å². The fraction of sp³-hybridized carbons (Fsp3) is 0.471. The number of aryl methyl sites for hydroxylation is 1. The smallest absolute Gasteiger partial charge is 0.224 e. The van der Waals surface area contributed by atoms with Gasteiger partial charge in [0.05, 0.1) is 12.3 Å². The molecule has 1 fully saturated rings. The number of aliphatic hydroxyl groups excluding tert-OH is 1. The first-order valence-corrected chi connectivity index (χ1v) is 7.19. The van der Waals surface area contributed by atoms with Gasteiger partial charge in [0, 0.05) is 18.4 Å². The molecule has 0 unspecified atom stereocenters. The molecule has 0 radical (unpaired) electrons. The molecule has 1 aliphatic rings. The molecule has 2 rings (SSSR count). The summed E-state index contributed by atoms with van der Waals surface area (Å²) in [4.78, 5) is 12.0. The van der Waals surface area contributed by atoms with Gasteiger partial charge in [-0.1, -0.05) is 24.3 Å². The second-order valence-electron chi connectivity index (χ2n) is 5.37. The molecule has 1 aromatic carbocycles. The van der Waals surface area contributed by atoms with Crippen molar-refractivity contribution >= 4 is 11.6 Å². The Kier molecular flexibility index (Phi) is 5.20. The molecule has 0 bridgehead atoms. The highest BCUT2D eigenvalue weighted by Crippen LogP contribution is 2.29. The Bertz CT molecular complexity index is 536. The van der Waals surface area contributed by atoms with Crippen molar-refractivity contribution in [2.45, 2.75) is 39.0 Å². The highest BCUT2D eigenvalue weighted by molar-refractivity contribution is 5.92. The third-order valence-corrected chi connectivity index (χ3v) is 3.61. The Labute approximate surface area is 120 Å². The Morgan fingerprint density at radius 1 is 1.45 bits per heavy atom. The van der Waals surface area contributed by atoms with Gasteiger partial charge in [-0.05, 0) is 43.4 Å². The summed E-state index contributed by atoms with van der Waals surface area (Å²) in [6, 6.07) is 5.84. The van der Waals surface area contributed by atoms with Gasteiger partial charge in [0.2, 0.25) is 5.91 Å². The van der Waals surface area contributed by atoms with Crippen LogP contribution in [0.25, 0.3) is 0 Å². The molecular formula is C17H21NO2. The number of rotatable bonds is 4. The number of aliphatic hydroxyl groups is 1. The van der Waals surface area contributed by atoms with Gasteiger partial charge in [-0.15, -0.1) is 0 Å². The zero-order chi connectivity index (χ0) is 14.4. The van der Waals surface area contributed by atoms with Gasteiger partial charge in [-0.25, -0.2) is 0 Å². The summed E-state index contributed by atoms with van der Waals surface area (Å²) >= 11 is 0. The first-order valence-electron chi connectivity index (χ1n) is 7.19. The fourth-order valence-electron chi connectivity index (χ4n) is 2.24. The Hall–Kier alpha value is -1.79. The highest BCUT2D eigenvalue weighted by atomic mass is 16.2. The van der Waals surface area contributed by atoms with Crippen LogP contribution in [-0.4, -0.2) is 17.6 Å². The minimum atomic E-state index is 0.0578. The van der Waals surface area contributed by atoms with E-state index in [-0.39, 0.29) is 12.5 Å². The molecule has 3 heteroatoms. The van der Waals surface area contributed by atoms with Gasteiger partial charge in [-0.2, -0.15) is 0 Å². The number of benzene rings is 1. The lowest BCUT2D eigenvalue weighted by Gasteiger charge is -2.24. The summed E-state index contributed by atoms with van der Waals surface area (Å²) in [5.74, 6) is 6.53. The van der Waals surface area contributed by atoms with Crippen LogP contribution in [0.5, 0.6) is 0 Å². The van der Waals surface area contributed by atoms with Gasteiger partial charge < -0.3 is 10.4 Å². The number of amides is 1. The van der Waals surface area contributed by atoms with Crippen LogP contribution >= 0.6 is 0 Å². The monoisotopic (exact) mass is 271 g/mol. The molecule has 3 nitrogen and oxygen atoms in total. The van der Waals surface area contributed by atoms with Crippen LogP contribution in [0.3, 0.4) is 0 Å². The van der Waals surface area contributed by atoms with Gasteiger partial charge in [-0.3, -0.25) is 4.79 Å². The molecule has 0 heterocycles. The maximum absolute atomic E-state index is 12.0. The van der Waals surface area contributed by atoms with E-state index in [2.05, 4.69) is 17.2 Å². The fourth-order valence-corrected chi connectivity index (χ4v) is 2.24. The molecule has 106 valence electrons. The van der Waals surface area contributed by atoms with Crippen molar-refractivity contribution in [2.75, 3.05) is 11.9 Å². The molecule has 1 aromatic rings. The first kappa shape index (κ1) is 14.6. The zero-order valence-corrected chi connectivity index (χ0v) is 11.9. The van der Waals surface area contributed by atoms with E-state index in [1.54, 1.807) is 0 Å². The van der Waals surface area contributed by atoms with Crippen LogP contribution in [-0.2, 0) is 4.79 Å². The zero-order valence-electron chi connectivity index (χ0n) is 11.9. The van der Waals surface area contributed by atoms with Crippen molar-refractivity contribution in [3.8, 4) is 11.8 Å². The van der Waals surface area contributed by atoms with Crippen LogP contribution in [0.4, 0.5) is 5.69 Å². The maximum atomic E-state index is 12.0. The van der Waals surface area contributed by atoms with Crippen LogP contribution in [0.15, 0.2) is 18.2 Å². The van der Waals surface area contributed by atoms with Gasteiger partial charge in [0.15, 0.2) is 0 Å². The summed E-state index contributed by atoms with van der Waals surface area (Å²) in [7, 11) is 0. The molecule has 0 saturated heterocycles. The molecule has 1 saturated carbocycles. The molecule has 20 heavy (non-hydrogen) atoms. The number of anilines is 1. The molecular weight excluding hydrogens is 250 g/mol. The van der Waals surface area contributed by atoms with E-state index in [1.165, 1.54) is 19.3 Å². The van der Waals surface area contributed by atoms with Crippen LogP contribution in [0.2, 0.25) is 0 Å². The maximum Gasteiger partial charge on any atom is 0.224 e. The number of carbonyl (C=O) groups excluding carboxylic acids is 1. The minimum Gasteiger partial charge on any atom is -0.395 e. The SMILES string of the molecule is Cc1ccc(C#CCCO)c(NC(=O)CC2CCC2)c1. The molecule has 0 aliphatic heterocycles. The first-order chi connectivity index (χ1) is 9.69. The normalized spacial score (nSPS) is 14.1. The molecule has 1 aliphatic carbocycles. The molecule has 1 amide bonds. The van der Waals surface area contributed by atoms with E-state index >= 15 is 0 Å². The largest absolute Gasteiger partial charge is 0.395 e. The third kappa shape index (κ3) is 4.11. The lowest BCUT2D eigenvalue weighted by molar-refractivity contribution is -0.117. The highest BCUT2D eigenvalue weighted by Gasteiger charge is 2.20. The van der Waals surface area contributed by atoms with Crippen molar-refractivity contribution in [2.24, 2.45) is 5.92 Å². The predicted molar refractivity (Wildman–Crippen MR) is 80.3 cm³/mol. The summed E-state index contributed by atoms with van der Waals surface area (Å²) in [6.45, 7) is 2.05. The van der Waals surface area contributed by atoms with Crippen molar-refractivity contribution < 1.29 is 9.90 Å². The van der Waals surface area contributed by atoms with Gasteiger partial charge >= 0.3 is 0 Å². The van der Waals surface area contributed by atoms with Crippen LogP contribution < -0.4 is 5.32 Å². The van der Waals surface area contributed by atoms with Gasteiger partial charge in [0.1, 0.15) is 0 Å². The number of nitrogens with one attached hydrogen (secondary N) is 1. The Morgan fingerprint density at radius 2 is 2.25 bits per heavy atom. The average Bonchev–Trinajstić information content (AvgIpc) is 2.37. The quantitative estimate of drug-likeness (QED) is 0.827. The lowest BCUT2D eigenvalue weighted by atomic mass is 9.83. The Balaban J connectivity index is 2.06. The topological polar surface area (TPSA) is 49.3 Å². The van der Waals surface area contributed by atoms with Crippen molar-refractivity contribution in [1.82, 2.24) is 0 Å². The molecule has 0 aromatic heterocycles. The van der Waals surface area contributed by atoms with Crippen LogP contribution in [0.1, 0.15) is 43.2 Å². The van der Waals surface area contributed by atoms with E-state index in [1.807, 2.05) is 25.1 Å².